The molecule has 0 aliphatic rings. The zero-order valence-electron chi connectivity index (χ0n) is 10.5. The number of nitrogens with zero attached hydrogens (tertiary/aromatic N) is 2. The van der Waals surface area contributed by atoms with Gasteiger partial charge in [0.2, 0.25) is 0 Å². The molecule has 1 heterocycles. The van der Waals surface area contributed by atoms with Crippen LogP contribution in [0.3, 0.4) is 0 Å². The maximum atomic E-state index is 4.50. The van der Waals surface area contributed by atoms with Crippen molar-refractivity contribution in [2.24, 2.45) is 0 Å². The number of hydrogen-bond donors (Lipinski definition) is 1. The fraction of sp³-hybridized carbons (Fsp3) is 0.750. The highest BCUT2D eigenvalue weighted by atomic mass is 15.3. The van der Waals surface area contributed by atoms with Gasteiger partial charge in [0.1, 0.15) is 0 Å². The van der Waals surface area contributed by atoms with Gasteiger partial charge < -0.3 is 5.32 Å². The summed E-state index contributed by atoms with van der Waals surface area (Å²) >= 11 is 0. The first-order valence-electron chi connectivity index (χ1n) is 5.86. The average Bonchev–Trinajstić information content (AvgIpc) is 2.62. The minimum absolute atomic E-state index is 0.383. The standard InChI is InChI=1S/C12H23N3/c1-6-11(7-2)15-10(4)12(8-14-15)9(3)13-5/h8-9,11,13H,6-7H2,1-5H3. The van der Waals surface area contributed by atoms with Crippen LogP contribution in [0.4, 0.5) is 0 Å². The molecule has 0 saturated heterocycles. The summed E-state index contributed by atoms with van der Waals surface area (Å²) < 4.78 is 2.17. The number of rotatable bonds is 5. The van der Waals surface area contributed by atoms with Crippen molar-refractivity contribution in [3.05, 3.63) is 17.5 Å². The lowest BCUT2D eigenvalue weighted by Gasteiger charge is -2.16. The van der Waals surface area contributed by atoms with Crippen molar-refractivity contribution >= 4 is 0 Å². The van der Waals surface area contributed by atoms with Gasteiger partial charge in [-0.25, -0.2) is 0 Å². The topological polar surface area (TPSA) is 29.9 Å². The highest BCUT2D eigenvalue weighted by Gasteiger charge is 2.15. The molecule has 0 radical (unpaired) electrons. The summed E-state index contributed by atoms with van der Waals surface area (Å²) in [5.74, 6) is 0. The maximum Gasteiger partial charge on any atom is 0.0540 e. The Morgan fingerprint density at radius 1 is 1.40 bits per heavy atom. The molecule has 86 valence electrons. The van der Waals surface area contributed by atoms with Crippen molar-refractivity contribution < 1.29 is 0 Å². The third kappa shape index (κ3) is 2.40. The Labute approximate surface area is 92.9 Å². The Balaban J connectivity index is 2.97. The van der Waals surface area contributed by atoms with Gasteiger partial charge in [-0.15, -0.1) is 0 Å². The normalized spacial score (nSPS) is 13.5. The summed E-state index contributed by atoms with van der Waals surface area (Å²) in [4.78, 5) is 0. The first-order chi connectivity index (χ1) is 7.15. The average molecular weight is 209 g/mol. The summed E-state index contributed by atoms with van der Waals surface area (Å²) in [6.07, 6.45) is 4.29. The van der Waals surface area contributed by atoms with E-state index in [2.05, 4.69) is 42.8 Å². The highest BCUT2D eigenvalue weighted by Crippen LogP contribution is 2.22. The van der Waals surface area contributed by atoms with Gasteiger partial charge in [-0.3, -0.25) is 4.68 Å². The zero-order chi connectivity index (χ0) is 11.4. The molecule has 0 aliphatic heterocycles. The van der Waals surface area contributed by atoms with Gasteiger partial charge >= 0.3 is 0 Å². The number of hydrogen-bond acceptors (Lipinski definition) is 2. The van der Waals surface area contributed by atoms with Crippen LogP contribution in [0.15, 0.2) is 6.20 Å². The van der Waals surface area contributed by atoms with Gasteiger partial charge in [0, 0.05) is 17.3 Å². The van der Waals surface area contributed by atoms with E-state index in [1.807, 2.05) is 13.2 Å². The van der Waals surface area contributed by atoms with Crippen LogP contribution in [0.5, 0.6) is 0 Å². The molecule has 1 unspecified atom stereocenters. The van der Waals surface area contributed by atoms with Crippen molar-refractivity contribution in [1.29, 1.82) is 0 Å². The molecule has 0 fully saturated rings. The van der Waals surface area contributed by atoms with Gasteiger partial charge in [-0.2, -0.15) is 5.10 Å². The van der Waals surface area contributed by atoms with E-state index in [0.717, 1.165) is 12.8 Å². The summed E-state index contributed by atoms with van der Waals surface area (Å²) in [7, 11) is 1.98. The molecule has 0 aliphatic carbocycles. The zero-order valence-corrected chi connectivity index (χ0v) is 10.5. The molecule has 1 rings (SSSR count). The fourth-order valence-corrected chi connectivity index (χ4v) is 2.02. The molecule has 0 spiro atoms. The molecule has 0 bridgehead atoms. The van der Waals surface area contributed by atoms with Crippen molar-refractivity contribution in [1.82, 2.24) is 15.1 Å². The third-order valence-corrected chi connectivity index (χ3v) is 3.27. The molecule has 1 atom stereocenters. The van der Waals surface area contributed by atoms with E-state index in [4.69, 9.17) is 0 Å². The summed E-state index contributed by atoms with van der Waals surface area (Å²) in [6.45, 7) is 8.77. The Bertz CT molecular complexity index is 300. The van der Waals surface area contributed by atoms with E-state index in [9.17, 15) is 0 Å². The molecule has 0 saturated carbocycles. The van der Waals surface area contributed by atoms with E-state index in [0.29, 0.717) is 12.1 Å². The molecule has 3 heteroatoms. The SMILES string of the molecule is CCC(CC)n1ncc(C(C)NC)c1C. The van der Waals surface area contributed by atoms with Crippen molar-refractivity contribution in [2.45, 2.75) is 52.6 Å². The van der Waals surface area contributed by atoms with Crippen molar-refractivity contribution in [2.75, 3.05) is 7.05 Å². The van der Waals surface area contributed by atoms with Crippen LogP contribution in [0.1, 0.15) is 57.0 Å². The Morgan fingerprint density at radius 2 is 2.00 bits per heavy atom. The quantitative estimate of drug-likeness (QED) is 0.808. The second-order valence-corrected chi connectivity index (χ2v) is 4.11. The van der Waals surface area contributed by atoms with E-state index in [1.165, 1.54) is 11.3 Å². The molecule has 3 nitrogen and oxygen atoms in total. The molecule has 1 N–H and O–H groups in total. The molecule has 1 aromatic rings. The molecule has 0 aromatic carbocycles. The first kappa shape index (κ1) is 12.2. The van der Waals surface area contributed by atoms with Crippen LogP contribution in [0, 0.1) is 6.92 Å². The summed E-state index contributed by atoms with van der Waals surface area (Å²) in [5, 5.41) is 7.76. The lowest BCUT2D eigenvalue weighted by molar-refractivity contribution is 0.419. The van der Waals surface area contributed by atoms with Crippen LogP contribution in [0.25, 0.3) is 0 Å². The van der Waals surface area contributed by atoms with Gasteiger partial charge in [-0.05, 0) is 33.7 Å². The van der Waals surface area contributed by atoms with Gasteiger partial charge in [0.15, 0.2) is 0 Å². The Kier molecular flexibility index (Phi) is 4.33. The van der Waals surface area contributed by atoms with E-state index < -0.39 is 0 Å². The van der Waals surface area contributed by atoms with Gasteiger partial charge in [-0.1, -0.05) is 13.8 Å². The van der Waals surface area contributed by atoms with Gasteiger partial charge in [0.25, 0.3) is 0 Å². The molecular weight excluding hydrogens is 186 g/mol. The fourth-order valence-electron chi connectivity index (χ4n) is 2.02. The third-order valence-electron chi connectivity index (χ3n) is 3.27. The molecule has 15 heavy (non-hydrogen) atoms. The minimum Gasteiger partial charge on any atom is -0.313 e. The Morgan fingerprint density at radius 3 is 2.47 bits per heavy atom. The van der Waals surface area contributed by atoms with E-state index in [1.54, 1.807) is 0 Å². The number of nitrogens with one attached hydrogen (secondary N) is 1. The van der Waals surface area contributed by atoms with Crippen LogP contribution in [0.2, 0.25) is 0 Å². The summed E-state index contributed by atoms with van der Waals surface area (Å²) in [5.41, 5.74) is 2.61. The van der Waals surface area contributed by atoms with Crippen molar-refractivity contribution in [3.8, 4) is 0 Å². The monoisotopic (exact) mass is 209 g/mol. The van der Waals surface area contributed by atoms with Gasteiger partial charge in [0.05, 0.1) is 12.2 Å². The maximum absolute atomic E-state index is 4.50. The summed E-state index contributed by atoms with van der Waals surface area (Å²) in [6, 6.07) is 0.927. The van der Waals surface area contributed by atoms with Crippen LogP contribution >= 0.6 is 0 Å². The van der Waals surface area contributed by atoms with E-state index in [-0.39, 0.29) is 0 Å². The molecule has 0 amide bonds. The predicted octanol–water partition coefficient (Wildman–Crippen LogP) is 2.83. The second kappa shape index (κ2) is 5.31. The van der Waals surface area contributed by atoms with Crippen molar-refractivity contribution in [3.63, 3.8) is 0 Å². The van der Waals surface area contributed by atoms with Crippen LogP contribution in [-0.2, 0) is 0 Å². The lowest BCUT2D eigenvalue weighted by Crippen LogP contribution is -2.15. The van der Waals surface area contributed by atoms with Crippen LogP contribution in [-0.4, -0.2) is 16.8 Å². The molecule has 1 aromatic heterocycles. The predicted molar refractivity (Wildman–Crippen MR) is 64.1 cm³/mol. The first-order valence-corrected chi connectivity index (χ1v) is 5.86. The minimum atomic E-state index is 0.383. The van der Waals surface area contributed by atoms with E-state index >= 15 is 0 Å². The number of aromatic nitrogens is 2. The second-order valence-electron chi connectivity index (χ2n) is 4.11. The Hall–Kier alpha value is -0.830. The molecular formula is C12H23N3. The smallest absolute Gasteiger partial charge is 0.0540 e. The largest absolute Gasteiger partial charge is 0.313 e. The lowest BCUT2D eigenvalue weighted by atomic mass is 10.1. The highest BCUT2D eigenvalue weighted by molar-refractivity contribution is 5.20. The van der Waals surface area contributed by atoms with Crippen LogP contribution < -0.4 is 5.32 Å².